The number of rotatable bonds is 4. The van der Waals surface area contributed by atoms with Crippen molar-refractivity contribution in [1.29, 1.82) is 0 Å². The number of para-hydroxylation sites is 1. The molecule has 0 saturated carbocycles. The molecule has 7 heteroatoms. The van der Waals surface area contributed by atoms with Crippen LogP contribution in [0.3, 0.4) is 0 Å². The number of thiazole rings is 1. The van der Waals surface area contributed by atoms with Gasteiger partial charge in [0.1, 0.15) is 0 Å². The van der Waals surface area contributed by atoms with E-state index in [-0.39, 0.29) is 11.5 Å². The molecule has 0 aliphatic rings. The molecule has 0 fully saturated rings. The lowest BCUT2D eigenvalue weighted by atomic mass is 10.1. The number of carbonyl (C=O) groups is 1. The maximum absolute atomic E-state index is 12.5. The molecule has 130 valence electrons. The van der Waals surface area contributed by atoms with Crippen molar-refractivity contribution >= 4 is 44.1 Å². The normalized spacial score (nSPS) is 11.1. The van der Waals surface area contributed by atoms with Crippen LogP contribution >= 0.6 is 11.3 Å². The summed E-state index contributed by atoms with van der Waals surface area (Å²) >= 11 is 1.34. The minimum Gasteiger partial charge on any atom is -0.380 e. The summed E-state index contributed by atoms with van der Waals surface area (Å²) < 4.78 is 6.11. The van der Waals surface area contributed by atoms with Crippen molar-refractivity contribution in [3.05, 3.63) is 69.5 Å². The van der Waals surface area contributed by atoms with Crippen molar-refractivity contribution in [3.63, 3.8) is 0 Å². The second kappa shape index (κ2) is 6.70. The molecule has 6 nitrogen and oxygen atoms in total. The Kier molecular flexibility index (Phi) is 4.24. The standard InChI is InChI=1S/C19H15N3O3S/c1-25-10-11-8-17(23)21-15-9-12(6-7-13(11)15)20-18(24)19-22-14-4-2-3-5-16(14)26-19/h2-9H,10H2,1H3,(H,20,24)(H,21,23). The zero-order chi connectivity index (χ0) is 18.1. The van der Waals surface area contributed by atoms with Gasteiger partial charge in [0.05, 0.1) is 22.3 Å². The van der Waals surface area contributed by atoms with E-state index < -0.39 is 0 Å². The fourth-order valence-corrected chi connectivity index (χ4v) is 3.70. The monoisotopic (exact) mass is 365 g/mol. The molecular weight excluding hydrogens is 350 g/mol. The molecule has 0 atom stereocenters. The number of nitrogens with zero attached hydrogens (tertiary/aromatic N) is 1. The lowest BCUT2D eigenvalue weighted by molar-refractivity contribution is 0.102. The van der Waals surface area contributed by atoms with E-state index in [4.69, 9.17) is 4.74 Å². The molecule has 4 aromatic rings. The van der Waals surface area contributed by atoms with Crippen molar-refractivity contribution in [2.45, 2.75) is 6.61 Å². The number of nitrogens with one attached hydrogen (secondary N) is 2. The average Bonchev–Trinajstić information content (AvgIpc) is 3.06. The minimum atomic E-state index is -0.277. The van der Waals surface area contributed by atoms with Crippen LogP contribution in [0.4, 0.5) is 5.69 Å². The van der Waals surface area contributed by atoms with Crippen LogP contribution in [0.2, 0.25) is 0 Å². The van der Waals surface area contributed by atoms with Gasteiger partial charge in [-0.15, -0.1) is 11.3 Å². The third kappa shape index (κ3) is 3.10. The van der Waals surface area contributed by atoms with Gasteiger partial charge in [-0.2, -0.15) is 0 Å². The number of benzene rings is 2. The predicted octanol–water partition coefficient (Wildman–Crippen LogP) is 3.54. The van der Waals surface area contributed by atoms with Crippen LogP contribution in [0.5, 0.6) is 0 Å². The van der Waals surface area contributed by atoms with Crippen molar-refractivity contribution < 1.29 is 9.53 Å². The van der Waals surface area contributed by atoms with Crippen molar-refractivity contribution in [1.82, 2.24) is 9.97 Å². The highest BCUT2D eigenvalue weighted by Crippen LogP contribution is 2.24. The maximum atomic E-state index is 12.5. The van der Waals surface area contributed by atoms with Crippen molar-refractivity contribution in [3.8, 4) is 0 Å². The summed E-state index contributed by atoms with van der Waals surface area (Å²) in [6, 6.07) is 14.5. The Morgan fingerprint density at radius 3 is 2.88 bits per heavy atom. The molecule has 4 rings (SSSR count). The van der Waals surface area contributed by atoms with E-state index >= 15 is 0 Å². The highest BCUT2D eigenvalue weighted by molar-refractivity contribution is 7.20. The van der Waals surface area contributed by atoms with Gasteiger partial charge in [0.15, 0.2) is 5.01 Å². The highest BCUT2D eigenvalue weighted by Gasteiger charge is 2.13. The first-order valence-electron chi connectivity index (χ1n) is 7.96. The van der Waals surface area contributed by atoms with Gasteiger partial charge in [0.2, 0.25) is 5.56 Å². The van der Waals surface area contributed by atoms with E-state index in [1.54, 1.807) is 19.2 Å². The lowest BCUT2D eigenvalue weighted by Gasteiger charge is -2.08. The number of amides is 1. The first-order chi connectivity index (χ1) is 12.6. The molecule has 0 unspecified atom stereocenters. The maximum Gasteiger partial charge on any atom is 0.284 e. The van der Waals surface area contributed by atoms with Crippen LogP contribution in [-0.4, -0.2) is 23.0 Å². The Hall–Kier alpha value is -3.03. The molecule has 26 heavy (non-hydrogen) atoms. The second-order valence-corrected chi connectivity index (χ2v) is 6.82. The van der Waals surface area contributed by atoms with Crippen molar-refractivity contribution in [2.75, 3.05) is 12.4 Å². The number of ether oxygens (including phenoxy) is 1. The number of carbonyl (C=O) groups excluding carboxylic acids is 1. The smallest absolute Gasteiger partial charge is 0.284 e. The molecule has 2 aromatic carbocycles. The van der Waals surface area contributed by atoms with E-state index in [1.807, 2.05) is 30.3 Å². The zero-order valence-electron chi connectivity index (χ0n) is 13.9. The minimum absolute atomic E-state index is 0.209. The van der Waals surface area contributed by atoms with Gasteiger partial charge in [0, 0.05) is 24.2 Å². The molecule has 2 heterocycles. The molecule has 0 aliphatic heterocycles. The number of aromatic amines is 1. The Morgan fingerprint density at radius 2 is 2.08 bits per heavy atom. The van der Waals surface area contributed by atoms with Gasteiger partial charge in [-0.25, -0.2) is 4.98 Å². The largest absolute Gasteiger partial charge is 0.380 e. The topological polar surface area (TPSA) is 84.1 Å². The van der Waals surface area contributed by atoms with Crippen LogP contribution in [-0.2, 0) is 11.3 Å². The van der Waals surface area contributed by atoms with Crippen LogP contribution in [0.25, 0.3) is 21.1 Å². The number of anilines is 1. The average molecular weight is 365 g/mol. The van der Waals surface area contributed by atoms with E-state index in [1.165, 1.54) is 17.4 Å². The fourth-order valence-electron chi connectivity index (χ4n) is 2.84. The quantitative estimate of drug-likeness (QED) is 0.579. The molecular formula is C19H15N3O3S. The van der Waals surface area contributed by atoms with Gasteiger partial charge in [-0.3, -0.25) is 9.59 Å². The van der Waals surface area contributed by atoms with Gasteiger partial charge in [-0.05, 0) is 29.8 Å². The number of hydrogen-bond donors (Lipinski definition) is 2. The number of aromatic nitrogens is 2. The first-order valence-corrected chi connectivity index (χ1v) is 8.77. The number of hydrogen-bond acceptors (Lipinski definition) is 5. The summed E-state index contributed by atoms with van der Waals surface area (Å²) in [5, 5.41) is 4.11. The number of pyridine rings is 1. The third-order valence-electron chi connectivity index (χ3n) is 3.97. The zero-order valence-corrected chi connectivity index (χ0v) is 14.7. The molecule has 0 bridgehead atoms. The summed E-state index contributed by atoms with van der Waals surface area (Å²) in [6.07, 6.45) is 0. The Labute approximate surface area is 152 Å². The number of methoxy groups -OCH3 is 1. The lowest BCUT2D eigenvalue weighted by Crippen LogP contribution is -2.12. The van der Waals surface area contributed by atoms with Gasteiger partial charge in [-0.1, -0.05) is 18.2 Å². The van der Waals surface area contributed by atoms with Crippen molar-refractivity contribution in [2.24, 2.45) is 0 Å². The number of fused-ring (bicyclic) bond motifs is 2. The Bertz CT molecular complexity index is 1150. The Morgan fingerprint density at radius 1 is 1.23 bits per heavy atom. The third-order valence-corrected chi connectivity index (χ3v) is 5.01. The Balaban J connectivity index is 1.66. The summed E-state index contributed by atoms with van der Waals surface area (Å²) in [5.74, 6) is -0.277. The van der Waals surface area contributed by atoms with Crippen LogP contribution in [0, 0.1) is 0 Å². The SMILES string of the molecule is COCc1cc(=O)[nH]c2cc(NC(=O)c3nc4ccccc4s3)ccc12. The summed E-state index contributed by atoms with van der Waals surface area (Å²) in [4.78, 5) is 31.5. The van der Waals surface area contributed by atoms with Gasteiger partial charge in [0.25, 0.3) is 5.91 Å². The summed E-state index contributed by atoms with van der Waals surface area (Å²) in [5.41, 5.74) is 2.63. The molecule has 0 aliphatic carbocycles. The highest BCUT2D eigenvalue weighted by atomic mass is 32.1. The second-order valence-electron chi connectivity index (χ2n) is 5.79. The number of H-pyrrole nitrogens is 1. The van der Waals surface area contributed by atoms with Crippen LogP contribution in [0.1, 0.15) is 15.4 Å². The molecule has 2 N–H and O–H groups in total. The van der Waals surface area contributed by atoms with Crippen LogP contribution in [0.15, 0.2) is 53.3 Å². The summed E-state index contributed by atoms with van der Waals surface area (Å²) in [7, 11) is 1.58. The van der Waals surface area contributed by atoms with E-state index in [2.05, 4.69) is 15.3 Å². The molecule has 2 aromatic heterocycles. The fraction of sp³-hybridized carbons (Fsp3) is 0.105. The molecule has 0 spiro atoms. The van der Waals surface area contributed by atoms with E-state index in [9.17, 15) is 9.59 Å². The van der Waals surface area contributed by atoms with E-state index in [0.717, 1.165) is 21.2 Å². The van der Waals surface area contributed by atoms with Gasteiger partial charge >= 0.3 is 0 Å². The van der Waals surface area contributed by atoms with Crippen LogP contribution < -0.4 is 10.9 Å². The predicted molar refractivity (Wildman–Crippen MR) is 103 cm³/mol. The van der Waals surface area contributed by atoms with Gasteiger partial charge < -0.3 is 15.0 Å². The summed E-state index contributed by atoms with van der Waals surface area (Å²) in [6.45, 7) is 0.345. The van der Waals surface area contributed by atoms with E-state index in [0.29, 0.717) is 22.8 Å². The molecule has 0 saturated heterocycles. The first kappa shape index (κ1) is 16.4. The molecule has 1 amide bonds. The molecule has 0 radical (unpaired) electrons.